The largest absolute Gasteiger partial charge is 0.505 e. The number of nitrogens with one attached hydrogen (secondary N) is 1. The molecule has 0 amide bonds. The Morgan fingerprint density at radius 2 is 1.78 bits per heavy atom. The Balaban J connectivity index is 1.22. The minimum Gasteiger partial charge on any atom is -0.505 e. The third kappa shape index (κ3) is 5.39. The molecule has 2 fully saturated rings. The number of aromatic nitrogens is 8. The van der Waals surface area contributed by atoms with Crippen LogP contribution in [0.3, 0.4) is 0 Å². The summed E-state index contributed by atoms with van der Waals surface area (Å²) < 4.78 is 56.0. The topological polar surface area (TPSA) is 294 Å². The predicted molar refractivity (Wildman–Crippen MR) is 155 cm³/mol. The second-order valence-corrected chi connectivity index (χ2v) is 14.1. The van der Waals surface area contributed by atoms with Gasteiger partial charge in [0.2, 0.25) is 11.8 Å². The SMILES string of the molecule is CSc1ncnc2c1ncn2C1=C(O)C2OP(=O)(O)OC[C@H]3C[C@@H](n4cnc5c(=O)[nH]c(N)nc54)C(OP(=O)(O)OC[C@H]2O1)C3O. The molecule has 2 aliphatic heterocycles. The van der Waals surface area contributed by atoms with Crippen molar-refractivity contribution < 1.29 is 52.0 Å². The maximum atomic E-state index is 13.3. The van der Waals surface area contributed by atoms with Crippen LogP contribution in [0.15, 0.2) is 34.6 Å². The molecule has 0 aromatic carbocycles. The number of nitrogens with two attached hydrogens (primary N) is 1. The maximum Gasteiger partial charge on any atom is 0.473 e. The number of phosphoric ester groups is 2. The summed E-state index contributed by atoms with van der Waals surface area (Å²) in [5.74, 6) is -2.20. The molecular weight excluding hydrogens is 676 g/mol. The molecule has 1 aliphatic carbocycles. The van der Waals surface area contributed by atoms with Crippen LogP contribution in [-0.4, -0.2) is 103 Å². The van der Waals surface area contributed by atoms with Crippen molar-refractivity contribution >= 4 is 61.6 Å². The van der Waals surface area contributed by atoms with E-state index >= 15 is 0 Å². The first-order valence-corrected chi connectivity index (χ1v) is 17.6. The first-order chi connectivity index (χ1) is 21.9. The number of rotatable bonds is 3. The van der Waals surface area contributed by atoms with Crippen LogP contribution in [-0.2, 0) is 32.0 Å². The molecule has 24 heteroatoms. The summed E-state index contributed by atoms with van der Waals surface area (Å²) in [6.45, 7) is -1.41. The minimum absolute atomic E-state index is 0.00203. The van der Waals surface area contributed by atoms with Crippen LogP contribution < -0.4 is 11.3 Å². The molecule has 6 heterocycles. The minimum atomic E-state index is -5.04. The Morgan fingerprint density at radius 1 is 1.04 bits per heavy atom. The van der Waals surface area contributed by atoms with Gasteiger partial charge in [-0.05, 0) is 12.7 Å². The number of imidazole rings is 2. The van der Waals surface area contributed by atoms with E-state index in [0.29, 0.717) is 10.5 Å². The monoisotopic (exact) mass is 701 g/mol. The second-order valence-electron chi connectivity index (χ2n) is 10.5. The molecule has 1 saturated heterocycles. The number of fused-ring (bicyclic) bond motifs is 5. The van der Waals surface area contributed by atoms with E-state index in [1.54, 1.807) is 6.26 Å². The van der Waals surface area contributed by atoms with Crippen molar-refractivity contribution in [3.63, 3.8) is 0 Å². The molecule has 21 nitrogen and oxygen atoms in total. The van der Waals surface area contributed by atoms with Gasteiger partial charge < -0.3 is 35.0 Å². The van der Waals surface area contributed by atoms with Gasteiger partial charge in [0.15, 0.2) is 34.8 Å². The van der Waals surface area contributed by atoms with E-state index in [4.69, 9.17) is 28.6 Å². The van der Waals surface area contributed by atoms with Crippen molar-refractivity contribution in [2.45, 2.75) is 41.9 Å². The summed E-state index contributed by atoms with van der Waals surface area (Å²) in [7, 11) is -10.0. The average molecular weight is 702 g/mol. The van der Waals surface area contributed by atoms with Crippen LogP contribution in [0.1, 0.15) is 12.5 Å². The Hall–Kier alpha value is -3.43. The fourth-order valence-corrected chi connectivity index (χ4v) is 8.07. The van der Waals surface area contributed by atoms with E-state index in [2.05, 4.69) is 29.9 Å². The fraction of sp³-hybridized carbons (Fsp3) is 0.455. The number of hydrogen-bond acceptors (Lipinski definition) is 17. The number of anilines is 1. The van der Waals surface area contributed by atoms with Gasteiger partial charge in [-0.1, -0.05) is 0 Å². The highest BCUT2D eigenvalue weighted by atomic mass is 32.2. The van der Waals surface area contributed by atoms with Gasteiger partial charge in [-0.15, -0.1) is 11.8 Å². The molecule has 5 unspecified atom stereocenters. The van der Waals surface area contributed by atoms with Crippen LogP contribution in [0.5, 0.6) is 0 Å². The Bertz CT molecular complexity index is 2040. The van der Waals surface area contributed by atoms with Gasteiger partial charge in [-0.3, -0.25) is 27.9 Å². The van der Waals surface area contributed by atoms with Crippen molar-refractivity contribution in [3.05, 3.63) is 35.1 Å². The van der Waals surface area contributed by atoms with Crippen LogP contribution in [0.2, 0.25) is 0 Å². The predicted octanol–water partition coefficient (Wildman–Crippen LogP) is 0.286. The molecule has 1 saturated carbocycles. The van der Waals surface area contributed by atoms with Gasteiger partial charge in [0, 0.05) is 5.92 Å². The van der Waals surface area contributed by atoms with E-state index in [9.17, 15) is 33.9 Å². The van der Waals surface area contributed by atoms with Gasteiger partial charge in [-0.2, -0.15) is 4.98 Å². The Morgan fingerprint density at radius 3 is 2.57 bits per heavy atom. The normalized spacial score (nSPS) is 33.8. The molecular formula is C22H25N9O12P2S. The van der Waals surface area contributed by atoms with Crippen molar-refractivity contribution in [1.82, 2.24) is 39.0 Å². The molecule has 4 aromatic heterocycles. The van der Waals surface area contributed by atoms with Crippen LogP contribution in [0.25, 0.3) is 28.2 Å². The molecule has 4 aromatic rings. The number of thioether (sulfide) groups is 1. The number of aliphatic hydroxyl groups is 2. The van der Waals surface area contributed by atoms with E-state index < -0.39 is 76.6 Å². The van der Waals surface area contributed by atoms with Gasteiger partial charge in [0.05, 0.1) is 31.7 Å². The number of H-pyrrole nitrogens is 1. The molecule has 46 heavy (non-hydrogen) atoms. The fourth-order valence-electron chi connectivity index (χ4n) is 5.65. The summed E-state index contributed by atoms with van der Waals surface area (Å²) in [5, 5.41) is 22.8. The number of nitrogen functional groups attached to an aromatic ring is 1. The standard InChI is InChI=1S/C22H25N9O12P2S/c1-46-20-12-17(24-5-25-20)31(7-27-12)21-14(33)16-10(41-21)4-40-45(37,38)42-15-9(2-8(13(15)32)3-39-44(35,36)43-16)30-6-26-11-18(30)28-22(23)29-19(11)34/h5-10,13,15-16,32-33H,2-4H2,1H3,(H,35,36)(H,37,38)(H3,23,28,29,34)/t8-,9-,10-,13?,15?,16?/m1/s1. The van der Waals surface area contributed by atoms with Crippen LogP contribution in [0, 0.1) is 5.92 Å². The molecule has 2 bridgehead atoms. The van der Waals surface area contributed by atoms with Gasteiger partial charge >= 0.3 is 15.6 Å². The molecule has 0 spiro atoms. The highest BCUT2D eigenvalue weighted by molar-refractivity contribution is 7.98. The van der Waals surface area contributed by atoms with Gasteiger partial charge in [0.1, 0.15) is 29.3 Å². The Kier molecular flexibility index (Phi) is 7.71. The van der Waals surface area contributed by atoms with Gasteiger partial charge in [0.25, 0.3) is 5.56 Å². The molecule has 7 rings (SSSR count). The van der Waals surface area contributed by atoms with E-state index in [1.807, 2.05) is 0 Å². The zero-order valence-corrected chi connectivity index (χ0v) is 26.0. The zero-order valence-electron chi connectivity index (χ0n) is 23.4. The molecule has 7 N–H and O–H groups in total. The quantitative estimate of drug-likeness (QED) is 0.0950. The number of nitrogens with zero attached hydrogens (tertiary/aromatic N) is 7. The smallest absolute Gasteiger partial charge is 0.473 e. The van der Waals surface area contributed by atoms with E-state index in [1.165, 1.54) is 39.9 Å². The van der Waals surface area contributed by atoms with Crippen LogP contribution >= 0.6 is 27.4 Å². The Labute approximate surface area is 260 Å². The van der Waals surface area contributed by atoms with Gasteiger partial charge in [-0.25, -0.2) is 33.6 Å². The van der Waals surface area contributed by atoms with Crippen molar-refractivity contribution in [2.75, 3.05) is 25.2 Å². The van der Waals surface area contributed by atoms with Crippen molar-refractivity contribution in [1.29, 1.82) is 0 Å². The highest BCUT2D eigenvalue weighted by Gasteiger charge is 2.51. The molecule has 246 valence electrons. The lowest BCUT2D eigenvalue weighted by molar-refractivity contribution is -0.0146. The molecule has 8 atom stereocenters. The lowest BCUT2D eigenvalue weighted by atomic mass is 10.1. The third-order valence-electron chi connectivity index (χ3n) is 7.71. The number of ether oxygens (including phenoxy) is 1. The van der Waals surface area contributed by atoms with Crippen molar-refractivity contribution in [2.24, 2.45) is 5.92 Å². The molecule has 0 radical (unpaired) electrons. The van der Waals surface area contributed by atoms with E-state index in [0.717, 1.165) is 0 Å². The number of phosphoric acid groups is 2. The first kappa shape index (κ1) is 31.2. The average Bonchev–Trinajstić information content (AvgIpc) is 3.76. The molecule has 3 aliphatic rings. The summed E-state index contributed by atoms with van der Waals surface area (Å²) >= 11 is 1.30. The van der Waals surface area contributed by atoms with E-state index in [-0.39, 0.29) is 35.1 Å². The summed E-state index contributed by atoms with van der Waals surface area (Å²) in [4.78, 5) is 56.8. The van der Waals surface area contributed by atoms with Crippen LogP contribution in [0.4, 0.5) is 5.95 Å². The summed E-state index contributed by atoms with van der Waals surface area (Å²) in [6.07, 6.45) is -0.786. The summed E-state index contributed by atoms with van der Waals surface area (Å²) in [6, 6.07) is -0.996. The lowest BCUT2D eigenvalue weighted by Gasteiger charge is -2.26. The third-order valence-corrected chi connectivity index (χ3v) is 10.3. The number of aromatic amines is 1. The second kappa shape index (κ2) is 11.4. The van der Waals surface area contributed by atoms with Crippen molar-refractivity contribution in [3.8, 4) is 0 Å². The number of hydrogen-bond donors (Lipinski definition) is 6. The highest BCUT2D eigenvalue weighted by Crippen LogP contribution is 2.54. The zero-order chi connectivity index (χ0) is 32.5. The maximum absolute atomic E-state index is 13.3. The lowest BCUT2D eigenvalue weighted by Crippen LogP contribution is -2.33. The summed E-state index contributed by atoms with van der Waals surface area (Å²) in [5.41, 5.74) is 5.56. The number of aliphatic hydroxyl groups excluding tert-OH is 2. The first-order valence-electron chi connectivity index (χ1n) is 13.4.